The van der Waals surface area contributed by atoms with Crippen LogP contribution in [0.1, 0.15) is 17.0 Å². The van der Waals surface area contributed by atoms with Crippen molar-refractivity contribution >= 4 is 23.1 Å². The van der Waals surface area contributed by atoms with E-state index < -0.39 is 0 Å². The van der Waals surface area contributed by atoms with Gasteiger partial charge in [0.05, 0.1) is 10.9 Å². The molecule has 0 atom stereocenters. The van der Waals surface area contributed by atoms with Crippen LogP contribution < -0.4 is 5.56 Å². The minimum Gasteiger partial charge on any atom is -0.306 e. The number of para-hydroxylation sites is 1. The summed E-state index contributed by atoms with van der Waals surface area (Å²) in [5, 5.41) is 0.611. The number of aromatic nitrogens is 2. The molecule has 0 aliphatic heterocycles. The highest BCUT2D eigenvalue weighted by Gasteiger charge is 2.00. The Morgan fingerprint density at radius 2 is 1.90 bits per heavy atom. The minimum absolute atomic E-state index is 0.112. The lowest BCUT2D eigenvalue weighted by Gasteiger charge is -1.99. The standard InChI is InChI=1S/C17H14N2O/c1-12-5-4-6-13(11-12)9-10-16-18-15-8-3-2-7-14(15)17(20)19-16/h2-11H,1H3,(H,18,19,20)/b10-9+. The van der Waals surface area contributed by atoms with Crippen LogP contribution in [-0.2, 0) is 0 Å². The predicted molar refractivity (Wildman–Crippen MR) is 82.5 cm³/mol. The molecule has 3 rings (SSSR count). The van der Waals surface area contributed by atoms with Gasteiger partial charge in [0, 0.05) is 0 Å². The van der Waals surface area contributed by atoms with E-state index in [0.29, 0.717) is 16.7 Å². The monoisotopic (exact) mass is 262 g/mol. The van der Waals surface area contributed by atoms with Crippen LogP contribution in [0.2, 0.25) is 0 Å². The molecular formula is C17H14N2O. The maximum atomic E-state index is 11.9. The molecule has 3 aromatic rings. The molecule has 2 aromatic carbocycles. The average Bonchev–Trinajstić information content (AvgIpc) is 2.45. The van der Waals surface area contributed by atoms with E-state index in [9.17, 15) is 4.79 Å². The Morgan fingerprint density at radius 1 is 1.05 bits per heavy atom. The van der Waals surface area contributed by atoms with Crippen molar-refractivity contribution in [2.75, 3.05) is 0 Å². The van der Waals surface area contributed by atoms with Gasteiger partial charge in [-0.25, -0.2) is 4.98 Å². The first kappa shape index (κ1) is 12.4. The van der Waals surface area contributed by atoms with Gasteiger partial charge in [-0.3, -0.25) is 4.79 Å². The van der Waals surface area contributed by atoms with E-state index in [1.807, 2.05) is 55.5 Å². The smallest absolute Gasteiger partial charge is 0.259 e. The molecule has 3 heteroatoms. The third-order valence-electron chi connectivity index (χ3n) is 3.11. The molecule has 0 bridgehead atoms. The Kier molecular flexibility index (Phi) is 3.17. The first-order valence-corrected chi connectivity index (χ1v) is 6.46. The lowest BCUT2D eigenvalue weighted by molar-refractivity contribution is 1.14. The molecule has 0 saturated carbocycles. The molecule has 20 heavy (non-hydrogen) atoms. The van der Waals surface area contributed by atoms with Gasteiger partial charge in [-0.15, -0.1) is 0 Å². The van der Waals surface area contributed by atoms with Gasteiger partial charge in [0.1, 0.15) is 5.82 Å². The van der Waals surface area contributed by atoms with E-state index in [2.05, 4.69) is 16.0 Å². The normalized spacial score (nSPS) is 11.2. The van der Waals surface area contributed by atoms with Gasteiger partial charge in [0.25, 0.3) is 5.56 Å². The molecule has 0 unspecified atom stereocenters. The molecule has 1 heterocycles. The van der Waals surface area contributed by atoms with Crippen molar-refractivity contribution in [3.63, 3.8) is 0 Å². The van der Waals surface area contributed by atoms with E-state index in [0.717, 1.165) is 5.56 Å². The summed E-state index contributed by atoms with van der Waals surface area (Å²) in [7, 11) is 0. The lowest BCUT2D eigenvalue weighted by Crippen LogP contribution is -2.09. The highest BCUT2D eigenvalue weighted by molar-refractivity contribution is 5.78. The molecule has 0 saturated heterocycles. The van der Waals surface area contributed by atoms with E-state index in [1.54, 1.807) is 6.07 Å². The van der Waals surface area contributed by atoms with E-state index in [-0.39, 0.29) is 5.56 Å². The first-order valence-electron chi connectivity index (χ1n) is 6.46. The molecule has 1 N–H and O–H groups in total. The molecule has 1 aromatic heterocycles. The number of hydrogen-bond donors (Lipinski definition) is 1. The number of aryl methyl sites for hydroxylation is 1. The van der Waals surface area contributed by atoms with Crippen LogP contribution in [0.4, 0.5) is 0 Å². The number of rotatable bonds is 2. The molecule has 98 valence electrons. The van der Waals surface area contributed by atoms with Crippen molar-refractivity contribution in [2.45, 2.75) is 6.92 Å². The van der Waals surface area contributed by atoms with Crippen LogP contribution in [0.5, 0.6) is 0 Å². The molecule has 0 aliphatic carbocycles. The average molecular weight is 262 g/mol. The second-order valence-electron chi connectivity index (χ2n) is 4.72. The summed E-state index contributed by atoms with van der Waals surface area (Å²) < 4.78 is 0. The molecule has 0 aliphatic rings. The van der Waals surface area contributed by atoms with Crippen LogP contribution in [0.15, 0.2) is 53.3 Å². The van der Waals surface area contributed by atoms with E-state index in [4.69, 9.17) is 0 Å². The number of nitrogens with one attached hydrogen (secondary N) is 1. The summed E-state index contributed by atoms with van der Waals surface area (Å²) >= 11 is 0. The summed E-state index contributed by atoms with van der Waals surface area (Å²) in [5.41, 5.74) is 2.88. The topological polar surface area (TPSA) is 45.8 Å². The number of hydrogen-bond acceptors (Lipinski definition) is 2. The maximum absolute atomic E-state index is 11.9. The molecule has 0 amide bonds. The number of nitrogens with zero attached hydrogens (tertiary/aromatic N) is 1. The first-order chi connectivity index (χ1) is 9.72. The molecular weight excluding hydrogens is 248 g/mol. The summed E-state index contributed by atoms with van der Waals surface area (Å²) in [4.78, 5) is 19.1. The zero-order chi connectivity index (χ0) is 13.9. The fourth-order valence-electron chi connectivity index (χ4n) is 2.13. The molecule has 0 spiro atoms. The number of aromatic amines is 1. The lowest BCUT2D eigenvalue weighted by atomic mass is 10.1. The second kappa shape index (κ2) is 5.13. The summed E-state index contributed by atoms with van der Waals surface area (Å²) in [6.07, 6.45) is 3.77. The van der Waals surface area contributed by atoms with Gasteiger partial charge < -0.3 is 4.98 Å². The molecule has 0 radical (unpaired) electrons. The highest BCUT2D eigenvalue weighted by Crippen LogP contribution is 2.09. The fourth-order valence-corrected chi connectivity index (χ4v) is 2.13. The summed E-state index contributed by atoms with van der Waals surface area (Å²) in [5.74, 6) is 0.565. The summed E-state index contributed by atoms with van der Waals surface area (Å²) in [6, 6.07) is 15.5. The quantitative estimate of drug-likeness (QED) is 0.769. The van der Waals surface area contributed by atoms with Gasteiger partial charge >= 0.3 is 0 Å². The van der Waals surface area contributed by atoms with Crippen LogP contribution in [0, 0.1) is 6.92 Å². The van der Waals surface area contributed by atoms with Gasteiger partial charge in [-0.2, -0.15) is 0 Å². The Bertz CT molecular complexity index is 847. The Hall–Kier alpha value is -2.68. The fraction of sp³-hybridized carbons (Fsp3) is 0.0588. The highest BCUT2D eigenvalue weighted by atomic mass is 16.1. The Balaban J connectivity index is 2.01. The largest absolute Gasteiger partial charge is 0.306 e. The van der Waals surface area contributed by atoms with Gasteiger partial charge in [-0.05, 0) is 30.7 Å². The van der Waals surface area contributed by atoms with Gasteiger partial charge in [-0.1, -0.05) is 48.0 Å². The van der Waals surface area contributed by atoms with E-state index in [1.165, 1.54) is 5.56 Å². The third kappa shape index (κ3) is 2.52. The zero-order valence-corrected chi connectivity index (χ0v) is 11.1. The third-order valence-corrected chi connectivity index (χ3v) is 3.11. The second-order valence-corrected chi connectivity index (χ2v) is 4.72. The van der Waals surface area contributed by atoms with Crippen molar-refractivity contribution in [2.24, 2.45) is 0 Å². The Labute approximate surface area is 116 Å². The van der Waals surface area contributed by atoms with Gasteiger partial charge in [0.15, 0.2) is 0 Å². The van der Waals surface area contributed by atoms with Crippen molar-refractivity contribution in [3.05, 3.63) is 75.8 Å². The van der Waals surface area contributed by atoms with Crippen LogP contribution in [0.3, 0.4) is 0 Å². The number of H-pyrrole nitrogens is 1. The zero-order valence-electron chi connectivity index (χ0n) is 11.1. The summed E-state index contributed by atoms with van der Waals surface area (Å²) in [6.45, 7) is 2.05. The van der Waals surface area contributed by atoms with Crippen LogP contribution in [-0.4, -0.2) is 9.97 Å². The molecule has 0 fully saturated rings. The number of benzene rings is 2. The Morgan fingerprint density at radius 3 is 2.75 bits per heavy atom. The van der Waals surface area contributed by atoms with Crippen LogP contribution in [0.25, 0.3) is 23.1 Å². The van der Waals surface area contributed by atoms with Crippen LogP contribution >= 0.6 is 0 Å². The SMILES string of the molecule is Cc1cccc(/C=C/c2nc3ccccc3c(=O)[nH]2)c1. The molecule has 3 nitrogen and oxygen atoms in total. The van der Waals surface area contributed by atoms with Crippen molar-refractivity contribution in [1.82, 2.24) is 9.97 Å². The maximum Gasteiger partial charge on any atom is 0.259 e. The van der Waals surface area contributed by atoms with E-state index >= 15 is 0 Å². The number of fused-ring (bicyclic) bond motifs is 1. The van der Waals surface area contributed by atoms with Gasteiger partial charge in [0.2, 0.25) is 0 Å². The van der Waals surface area contributed by atoms with Crippen molar-refractivity contribution in [3.8, 4) is 0 Å². The predicted octanol–water partition coefficient (Wildman–Crippen LogP) is 3.40. The van der Waals surface area contributed by atoms with Crippen molar-refractivity contribution < 1.29 is 0 Å². The minimum atomic E-state index is -0.112. The van der Waals surface area contributed by atoms with Crippen molar-refractivity contribution in [1.29, 1.82) is 0 Å².